The van der Waals surface area contributed by atoms with Crippen LogP contribution in [-0.2, 0) is 4.79 Å². The number of hydrogen-bond donors (Lipinski definition) is 2. The number of hydrogen-bond acceptors (Lipinski definition) is 3. The van der Waals surface area contributed by atoms with Crippen molar-refractivity contribution in [1.82, 2.24) is 0 Å². The fourth-order valence-electron chi connectivity index (χ4n) is 4.03. The number of ketones is 1. The largest absolute Gasteiger partial charge is 0.508 e. The van der Waals surface area contributed by atoms with Gasteiger partial charge in [-0.05, 0) is 56.9 Å². The van der Waals surface area contributed by atoms with Crippen LogP contribution < -0.4 is 0 Å². The van der Waals surface area contributed by atoms with E-state index in [1.807, 2.05) is 62.4 Å². The van der Waals surface area contributed by atoms with Crippen LogP contribution in [0.15, 0.2) is 72.8 Å². The molecule has 0 heterocycles. The molecule has 0 radical (unpaired) electrons. The fraction of sp³-hybridized carbons (Fsp3) is 0.160. The van der Waals surface area contributed by atoms with E-state index in [0.29, 0.717) is 0 Å². The lowest BCUT2D eigenvalue weighted by atomic mass is 9.82. The van der Waals surface area contributed by atoms with Crippen LogP contribution in [-0.4, -0.2) is 16.0 Å². The van der Waals surface area contributed by atoms with Crippen molar-refractivity contribution in [2.24, 2.45) is 0 Å². The number of benzene rings is 4. The van der Waals surface area contributed by atoms with Crippen LogP contribution in [0.5, 0.6) is 11.5 Å². The molecule has 0 amide bonds. The molecular formula is C25H22O3. The maximum atomic E-state index is 13.4. The second-order valence-electron chi connectivity index (χ2n) is 7.35. The molecule has 0 fully saturated rings. The summed E-state index contributed by atoms with van der Waals surface area (Å²) in [7, 11) is 0. The Balaban J connectivity index is 1.74. The molecule has 4 aromatic carbocycles. The van der Waals surface area contributed by atoms with E-state index in [-0.39, 0.29) is 29.1 Å². The van der Waals surface area contributed by atoms with E-state index >= 15 is 0 Å². The Kier molecular flexibility index (Phi) is 4.52. The highest BCUT2D eigenvalue weighted by Crippen LogP contribution is 2.34. The highest BCUT2D eigenvalue weighted by atomic mass is 16.3. The topological polar surface area (TPSA) is 57.5 Å². The van der Waals surface area contributed by atoms with Crippen molar-refractivity contribution >= 4 is 27.3 Å². The number of carbonyl (C=O) groups excluding carboxylic acids is 1. The number of fused-ring (bicyclic) bond motifs is 2. The van der Waals surface area contributed by atoms with Gasteiger partial charge in [0, 0.05) is 11.8 Å². The maximum Gasteiger partial charge on any atom is 0.147 e. The summed E-state index contributed by atoms with van der Waals surface area (Å²) in [6, 6.07) is 22.2. The Morgan fingerprint density at radius 1 is 0.679 bits per heavy atom. The predicted molar refractivity (Wildman–Crippen MR) is 113 cm³/mol. The van der Waals surface area contributed by atoms with Gasteiger partial charge in [-0.3, -0.25) is 4.79 Å². The third-order valence-electron chi connectivity index (χ3n) is 5.58. The van der Waals surface area contributed by atoms with E-state index in [9.17, 15) is 15.0 Å². The van der Waals surface area contributed by atoms with Crippen molar-refractivity contribution < 1.29 is 15.0 Å². The van der Waals surface area contributed by atoms with Gasteiger partial charge in [-0.1, -0.05) is 62.4 Å². The first-order chi connectivity index (χ1) is 13.5. The van der Waals surface area contributed by atoms with E-state index in [1.54, 1.807) is 24.3 Å². The summed E-state index contributed by atoms with van der Waals surface area (Å²) in [5, 5.41) is 23.3. The molecule has 3 heteroatoms. The van der Waals surface area contributed by atoms with Crippen LogP contribution in [0.4, 0.5) is 0 Å². The van der Waals surface area contributed by atoms with Gasteiger partial charge in [0.1, 0.15) is 17.3 Å². The SMILES string of the molecule is CC(C(=O)C(C)c1cccc2cc(O)ccc12)c1cccc2cc(O)ccc12. The van der Waals surface area contributed by atoms with Crippen LogP contribution in [0, 0.1) is 0 Å². The molecule has 0 spiro atoms. The quantitative estimate of drug-likeness (QED) is 0.471. The lowest BCUT2D eigenvalue weighted by Crippen LogP contribution is -2.17. The molecule has 0 bridgehead atoms. The number of phenols is 2. The van der Waals surface area contributed by atoms with Crippen molar-refractivity contribution in [2.75, 3.05) is 0 Å². The zero-order valence-corrected chi connectivity index (χ0v) is 15.9. The number of phenolic OH excluding ortho intramolecular Hbond substituents is 2. The molecule has 0 aliphatic rings. The lowest BCUT2D eigenvalue weighted by molar-refractivity contribution is -0.121. The highest BCUT2D eigenvalue weighted by molar-refractivity contribution is 5.99. The summed E-state index contributed by atoms with van der Waals surface area (Å²) >= 11 is 0. The van der Waals surface area contributed by atoms with Gasteiger partial charge >= 0.3 is 0 Å². The minimum Gasteiger partial charge on any atom is -0.508 e. The monoisotopic (exact) mass is 370 g/mol. The van der Waals surface area contributed by atoms with Crippen molar-refractivity contribution in [3.8, 4) is 11.5 Å². The molecule has 0 saturated carbocycles. The molecule has 140 valence electrons. The fourth-order valence-corrected chi connectivity index (χ4v) is 4.03. The predicted octanol–water partition coefficient (Wildman–Crippen LogP) is 5.88. The van der Waals surface area contributed by atoms with Crippen molar-refractivity contribution in [3.63, 3.8) is 0 Å². The second kappa shape index (κ2) is 7.01. The Bertz CT molecular complexity index is 1100. The smallest absolute Gasteiger partial charge is 0.147 e. The molecule has 0 saturated heterocycles. The minimum absolute atomic E-state index is 0.140. The van der Waals surface area contributed by atoms with Crippen LogP contribution in [0.2, 0.25) is 0 Å². The van der Waals surface area contributed by atoms with Gasteiger partial charge in [0.2, 0.25) is 0 Å². The van der Waals surface area contributed by atoms with Gasteiger partial charge < -0.3 is 10.2 Å². The van der Waals surface area contributed by atoms with Crippen LogP contribution in [0.25, 0.3) is 21.5 Å². The lowest BCUT2D eigenvalue weighted by Gasteiger charge is -2.20. The first-order valence-corrected chi connectivity index (χ1v) is 9.42. The molecule has 2 N–H and O–H groups in total. The molecular weight excluding hydrogens is 348 g/mol. The van der Waals surface area contributed by atoms with E-state index in [2.05, 4.69) is 0 Å². The van der Waals surface area contributed by atoms with E-state index in [4.69, 9.17) is 0 Å². The highest BCUT2D eigenvalue weighted by Gasteiger charge is 2.25. The van der Waals surface area contributed by atoms with Crippen molar-refractivity contribution in [2.45, 2.75) is 25.7 Å². The van der Waals surface area contributed by atoms with Crippen LogP contribution >= 0.6 is 0 Å². The first-order valence-electron chi connectivity index (χ1n) is 9.42. The Hall–Kier alpha value is -3.33. The zero-order valence-electron chi connectivity index (χ0n) is 15.9. The van der Waals surface area contributed by atoms with Crippen LogP contribution in [0.3, 0.4) is 0 Å². The second-order valence-corrected chi connectivity index (χ2v) is 7.35. The van der Waals surface area contributed by atoms with E-state index in [0.717, 1.165) is 32.7 Å². The summed E-state index contributed by atoms with van der Waals surface area (Å²) in [6.45, 7) is 3.88. The molecule has 3 nitrogen and oxygen atoms in total. The van der Waals surface area contributed by atoms with Gasteiger partial charge in [-0.2, -0.15) is 0 Å². The van der Waals surface area contributed by atoms with Gasteiger partial charge in [-0.25, -0.2) is 0 Å². The van der Waals surface area contributed by atoms with E-state index < -0.39 is 0 Å². The summed E-state index contributed by atoms with van der Waals surface area (Å²) < 4.78 is 0. The van der Waals surface area contributed by atoms with E-state index in [1.165, 1.54) is 0 Å². The average Bonchev–Trinajstić information content (AvgIpc) is 2.70. The Morgan fingerprint density at radius 3 is 1.54 bits per heavy atom. The van der Waals surface area contributed by atoms with Gasteiger partial charge in [0.25, 0.3) is 0 Å². The summed E-state index contributed by atoms with van der Waals surface area (Å²) in [4.78, 5) is 13.4. The molecule has 0 aromatic heterocycles. The Morgan fingerprint density at radius 2 is 1.11 bits per heavy atom. The maximum absolute atomic E-state index is 13.4. The summed E-state index contributed by atoms with van der Waals surface area (Å²) in [5.74, 6) is 0.0133. The summed E-state index contributed by atoms with van der Waals surface area (Å²) in [6.07, 6.45) is 0. The number of carbonyl (C=O) groups is 1. The Labute approximate surface area is 163 Å². The molecule has 28 heavy (non-hydrogen) atoms. The van der Waals surface area contributed by atoms with Crippen LogP contribution in [0.1, 0.15) is 36.8 Å². The van der Waals surface area contributed by atoms with Gasteiger partial charge in [0.05, 0.1) is 0 Å². The first kappa shape index (κ1) is 18.1. The molecule has 0 aliphatic heterocycles. The van der Waals surface area contributed by atoms with Gasteiger partial charge in [0.15, 0.2) is 0 Å². The summed E-state index contributed by atoms with van der Waals surface area (Å²) in [5.41, 5.74) is 1.93. The van der Waals surface area contributed by atoms with Crippen molar-refractivity contribution in [3.05, 3.63) is 83.9 Å². The number of rotatable bonds is 4. The average molecular weight is 370 g/mol. The normalized spacial score (nSPS) is 13.5. The number of Topliss-reactive ketones (excluding diaryl/α,β-unsaturated/α-hetero) is 1. The number of aromatic hydroxyl groups is 2. The third kappa shape index (κ3) is 3.09. The molecule has 4 aromatic rings. The molecule has 0 aliphatic carbocycles. The molecule has 2 atom stereocenters. The van der Waals surface area contributed by atoms with Gasteiger partial charge in [-0.15, -0.1) is 0 Å². The minimum atomic E-state index is -0.282. The zero-order chi connectivity index (χ0) is 19.8. The molecule has 2 unspecified atom stereocenters. The third-order valence-corrected chi connectivity index (χ3v) is 5.58. The standard InChI is InChI=1S/C25H22O3/c1-15(21-7-3-5-17-13-19(26)9-11-23(17)21)25(28)16(2)22-8-4-6-18-14-20(27)10-12-24(18)22/h3-16,26-27H,1-2H3. The van der Waals surface area contributed by atoms with Crippen molar-refractivity contribution in [1.29, 1.82) is 0 Å². The molecule has 4 rings (SSSR count).